The molecular weight excluding hydrogens is 196 g/mol. The van der Waals surface area contributed by atoms with Crippen molar-refractivity contribution < 1.29 is 5.48 Å². The molecule has 1 heteroatoms. The molecule has 2 rings (SSSR count). The highest BCUT2D eigenvalue weighted by Crippen LogP contribution is 2.38. The number of hydrogen-bond acceptors (Lipinski definition) is 0. The van der Waals surface area contributed by atoms with Gasteiger partial charge in [-0.3, -0.25) is 0 Å². The minimum atomic E-state index is 0. The summed E-state index contributed by atoms with van der Waals surface area (Å²) in [5.74, 6) is 0. The van der Waals surface area contributed by atoms with Crippen LogP contribution >= 0.6 is 0 Å². The van der Waals surface area contributed by atoms with Crippen LogP contribution < -0.4 is 0 Å². The first kappa shape index (κ1) is 13.2. The van der Waals surface area contributed by atoms with Gasteiger partial charge in [0.05, 0.1) is 0 Å². The van der Waals surface area contributed by atoms with Crippen LogP contribution in [0.25, 0.3) is 0 Å². The highest BCUT2D eigenvalue weighted by atomic mass is 16.0. The summed E-state index contributed by atoms with van der Waals surface area (Å²) in [6.45, 7) is 4.62. The molecule has 0 amide bonds. The van der Waals surface area contributed by atoms with E-state index in [9.17, 15) is 0 Å². The van der Waals surface area contributed by atoms with Crippen LogP contribution in [0, 0.1) is 12.3 Å². The fourth-order valence-corrected chi connectivity index (χ4v) is 2.78. The van der Waals surface area contributed by atoms with Crippen LogP contribution in [0.2, 0.25) is 0 Å². The predicted molar refractivity (Wildman–Crippen MR) is 69.7 cm³/mol. The first-order valence-corrected chi connectivity index (χ1v) is 6.24. The first-order valence-electron chi connectivity index (χ1n) is 6.24. The van der Waals surface area contributed by atoms with Crippen molar-refractivity contribution in [3.8, 4) is 0 Å². The van der Waals surface area contributed by atoms with E-state index in [0.29, 0.717) is 5.41 Å². The Balaban J connectivity index is 0.00000128. The van der Waals surface area contributed by atoms with Crippen LogP contribution in [0.15, 0.2) is 24.3 Å². The van der Waals surface area contributed by atoms with E-state index in [1.165, 1.54) is 49.7 Å². The van der Waals surface area contributed by atoms with Gasteiger partial charge in [-0.15, -0.1) is 0 Å². The van der Waals surface area contributed by atoms with Crippen LogP contribution in [-0.4, -0.2) is 5.48 Å². The maximum Gasteiger partial charge on any atom is -0.0225 e. The summed E-state index contributed by atoms with van der Waals surface area (Å²) in [6.07, 6.45) is 8.42. The van der Waals surface area contributed by atoms with Gasteiger partial charge in [-0.05, 0) is 37.2 Å². The molecule has 1 saturated carbocycles. The third kappa shape index (κ3) is 3.34. The van der Waals surface area contributed by atoms with Gasteiger partial charge in [0, 0.05) is 0 Å². The molecule has 1 aromatic carbocycles. The Hall–Kier alpha value is -0.820. The number of benzene rings is 1. The van der Waals surface area contributed by atoms with E-state index >= 15 is 0 Å². The lowest BCUT2D eigenvalue weighted by molar-refractivity contribution is 0.215. The average Bonchev–Trinajstić information content (AvgIpc) is 2.22. The molecule has 0 heterocycles. The summed E-state index contributed by atoms with van der Waals surface area (Å²) in [5, 5.41) is 0. The number of hydrogen-bond donors (Lipinski definition) is 0. The van der Waals surface area contributed by atoms with Gasteiger partial charge in [-0.2, -0.15) is 0 Å². The average molecular weight is 220 g/mol. The van der Waals surface area contributed by atoms with E-state index in [-0.39, 0.29) is 5.48 Å². The quantitative estimate of drug-likeness (QED) is 0.728. The zero-order chi connectivity index (χ0) is 10.7. The van der Waals surface area contributed by atoms with Gasteiger partial charge in [-0.1, -0.05) is 56.0 Å². The molecule has 1 aliphatic carbocycles. The maximum absolute atomic E-state index is 2.46. The van der Waals surface area contributed by atoms with Gasteiger partial charge in [0.2, 0.25) is 0 Å². The van der Waals surface area contributed by atoms with Crippen molar-refractivity contribution in [2.24, 2.45) is 5.41 Å². The maximum atomic E-state index is 2.46. The molecule has 0 atom stereocenters. The summed E-state index contributed by atoms with van der Waals surface area (Å²) in [4.78, 5) is 0. The van der Waals surface area contributed by atoms with Crippen LogP contribution in [0.3, 0.4) is 0 Å². The molecule has 90 valence electrons. The molecule has 0 saturated heterocycles. The Bertz CT molecular complexity index is 307. The lowest BCUT2D eigenvalue weighted by atomic mass is 9.72. The van der Waals surface area contributed by atoms with Crippen molar-refractivity contribution in [3.63, 3.8) is 0 Å². The van der Waals surface area contributed by atoms with Gasteiger partial charge in [0.25, 0.3) is 0 Å². The fourth-order valence-electron chi connectivity index (χ4n) is 2.78. The van der Waals surface area contributed by atoms with Crippen molar-refractivity contribution in [1.82, 2.24) is 0 Å². The first-order chi connectivity index (χ1) is 7.18. The second-order valence-electron chi connectivity index (χ2n) is 5.53. The Labute approximate surface area is 99.2 Å². The lowest BCUT2D eigenvalue weighted by Gasteiger charge is -2.33. The molecule has 0 aromatic heterocycles. The highest BCUT2D eigenvalue weighted by molar-refractivity contribution is 5.22. The van der Waals surface area contributed by atoms with Gasteiger partial charge in [0.1, 0.15) is 0 Å². The molecule has 0 spiro atoms. The topological polar surface area (TPSA) is 31.5 Å². The minimum Gasteiger partial charge on any atom is -0.412 e. The summed E-state index contributed by atoms with van der Waals surface area (Å²) >= 11 is 0. The molecule has 16 heavy (non-hydrogen) atoms. The van der Waals surface area contributed by atoms with E-state index in [2.05, 4.69) is 38.1 Å². The smallest absolute Gasteiger partial charge is 0.0225 e. The Kier molecular flexibility index (Phi) is 4.55. The van der Waals surface area contributed by atoms with E-state index in [4.69, 9.17) is 0 Å². The van der Waals surface area contributed by atoms with Crippen LogP contribution in [0.1, 0.15) is 50.2 Å². The van der Waals surface area contributed by atoms with Crippen molar-refractivity contribution in [1.29, 1.82) is 0 Å². The van der Waals surface area contributed by atoms with Crippen LogP contribution in [-0.2, 0) is 6.42 Å². The largest absolute Gasteiger partial charge is 0.412 e. The third-order valence-corrected chi connectivity index (χ3v) is 3.81. The number of aryl methyl sites for hydroxylation is 1. The van der Waals surface area contributed by atoms with E-state index in [1.54, 1.807) is 0 Å². The zero-order valence-corrected chi connectivity index (χ0v) is 10.6. The molecule has 1 fully saturated rings. The van der Waals surface area contributed by atoms with Crippen molar-refractivity contribution >= 4 is 0 Å². The molecule has 1 aliphatic rings. The third-order valence-electron chi connectivity index (χ3n) is 3.81. The highest BCUT2D eigenvalue weighted by Gasteiger charge is 2.26. The SMILES string of the molecule is Cc1ccc(CC2(C)CCCCC2)cc1.O. The Morgan fingerprint density at radius 1 is 1.00 bits per heavy atom. The molecule has 1 aromatic rings. The van der Waals surface area contributed by atoms with Gasteiger partial charge < -0.3 is 5.48 Å². The van der Waals surface area contributed by atoms with Gasteiger partial charge in [-0.25, -0.2) is 0 Å². The minimum absolute atomic E-state index is 0. The summed E-state index contributed by atoms with van der Waals surface area (Å²) in [5.41, 5.74) is 3.46. The molecule has 0 bridgehead atoms. The molecule has 0 aliphatic heterocycles. The Morgan fingerprint density at radius 2 is 1.56 bits per heavy atom. The van der Waals surface area contributed by atoms with Gasteiger partial charge >= 0.3 is 0 Å². The molecule has 2 N–H and O–H groups in total. The molecule has 0 unspecified atom stereocenters. The van der Waals surface area contributed by atoms with Crippen LogP contribution in [0.4, 0.5) is 0 Å². The van der Waals surface area contributed by atoms with Gasteiger partial charge in [0.15, 0.2) is 0 Å². The molecule has 1 nitrogen and oxygen atoms in total. The summed E-state index contributed by atoms with van der Waals surface area (Å²) < 4.78 is 0. The fraction of sp³-hybridized carbons (Fsp3) is 0.600. The second kappa shape index (κ2) is 5.49. The monoisotopic (exact) mass is 220 g/mol. The molecule has 0 radical (unpaired) electrons. The second-order valence-corrected chi connectivity index (χ2v) is 5.53. The van der Waals surface area contributed by atoms with Crippen molar-refractivity contribution in [2.75, 3.05) is 0 Å². The van der Waals surface area contributed by atoms with E-state index in [0.717, 1.165) is 0 Å². The standard InChI is InChI=1S/C15H22.H2O/c1-13-6-8-14(9-7-13)12-15(2)10-4-3-5-11-15;/h6-9H,3-5,10-12H2,1-2H3;1H2. The Morgan fingerprint density at radius 3 is 2.12 bits per heavy atom. The number of rotatable bonds is 2. The van der Waals surface area contributed by atoms with E-state index < -0.39 is 0 Å². The zero-order valence-electron chi connectivity index (χ0n) is 10.6. The normalized spacial score (nSPS) is 18.9. The predicted octanol–water partition coefficient (Wildman–Crippen LogP) is 3.68. The lowest BCUT2D eigenvalue weighted by Crippen LogP contribution is -2.22. The van der Waals surface area contributed by atoms with Crippen LogP contribution in [0.5, 0.6) is 0 Å². The van der Waals surface area contributed by atoms with Crippen molar-refractivity contribution in [3.05, 3.63) is 35.4 Å². The van der Waals surface area contributed by atoms with Crippen molar-refractivity contribution in [2.45, 2.75) is 52.4 Å². The summed E-state index contributed by atoms with van der Waals surface area (Å²) in [7, 11) is 0. The van der Waals surface area contributed by atoms with E-state index in [1.807, 2.05) is 0 Å². The molecular formula is C15H24O. The summed E-state index contributed by atoms with van der Waals surface area (Å²) in [6, 6.07) is 9.08.